The Morgan fingerprint density at radius 2 is 2.09 bits per heavy atom. The number of benzene rings is 1. The molecule has 0 spiro atoms. The van der Waals surface area contributed by atoms with E-state index in [4.69, 9.17) is 0 Å². The molecule has 2 rings (SSSR count). The Kier molecular flexibility index (Phi) is 7.81. The molecular weight excluding hydrogens is 338 g/mol. The molecule has 1 aliphatic heterocycles. The van der Waals surface area contributed by atoms with E-state index in [-0.39, 0.29) is 24.0 Å². The van der Waals surface area contributed by atoms with Gasteiger partial charge in [-0.1, -0.05) is 0 Å². The first-order valence-electron chi connectivity index (χ1n) is 7.33. The molecule has 6 nitrogen and oxygen atoms in total. The van der Waals surface area contributed by atoms with Gasteiger partial charge in [-0.25, -0.2) is 0 Å². The lowest BCUT2D eigenvalue weighted by Crippen LogP contribution is -2.40. The van der Waals surface area contributed by atoms with E-state index in [0.29, 0.717) is 29.5 Å². The van der Waals surface area contributed by atoms with Gasteiger partial charge in [0, 0.05) is 24.7 Å². The number of nitro benzene ring substituents is 1. The minimum atomic E-state index is -0.429. The topological polar surface area (TPSA) is 75.5 Å². The number of amides is 1. The lowest BCUT2D eigenvalue weighted by molar-refractivity contribution is -0.387. The van der Waals surface area contributed by atoms with Crippen LogP contribution in [0.2, 0.25) is 0 Å². The molecule has 0 radical (unpaired) electrons. The predicted molar refractivity (Wildman–Crippen MR) is 94.7 cm³/mol. The molecule has 1 aromatic carbocycles. The second-order valence-electron chi connectivity index (χ2n) is 5.44. The minimum absolute atomic E-state index is 0. The standard InChI is InChI=1S/C15H21N3O3S.ClH/c1-16-10-11-5-7-17(8-6-11)15(19)12-3-4-14(22-2)13(9-12)18(20)21;/h3-4,9,11,16H,5-8,10H2,1-2H3;1H. The van der Waals surface area contributed by atoms with Gasteiger partial charge in [0.15, 0.2) is 0 Å². The molecule has 1 N–H and O–H groups in total. The Bertz CT molecular complexity index is 563. The Labute approximate surface area is 146 Å². The average molecular weight is 360 g/mol. The van der Waals surface area contributed by atoms with Gasteiger partial charge in [-0.05, 0) is 50.7 Å². The van der Waals surface area contributed by atoms with E-state index in [0.717, 1.165) is 19.4 Å². The molecule has 0 unspecified atom stereocenters. The van der Waals surface area contributed by atoms with Crippen LogP contribution in [0.3, 0.4) is 0 Å². The molecule has 1 saturated heterocycles. The van der Waals surface area contributed by atoms with Gasteiger partial charge < -0.3 is 10.2 Å². The van der Waals surface area contributed by atoms with E-state index in [1.54, 1.807) is 23.3 Å². The summed E-state index contributed by atoms with van der Waals surface area (Å²) in [6.45, 7) is 2.39. The molecule has 0 atom stereocenters. The SMILES string of the molecule is CNCC1CCN(C(=O)c2ccc(SC)c([N+](=O)[O-])c2)CC1.Cl. The fraction of sp³-hybridized carbons (Fsp3) is 0.533. The van der Waals surface area contributed by atoms with E-state index in [1.807, 2.05) is 7.05 Å². The maximum Gasteiger partial charge on any atom is 0.283 e. The number of hydrogen-bond acceptors (Lipinski definition) is 5. The van der Waals surface area contributed by atoms with E-state index >= 15 is 0 Å². The number of nitro groups is 1. The molecule has 1 heterocycles. The van der Waals surface area contributed by atoms with Gasteiger partial charge in [0.2, 0.25) is 0 Å². The summed E-state index contributed by atoms with van der Waals surface area (Å²) >= 11 is 1.31. The predicted octanol–water partition coefficient (Wildman–Crippen LogP) is 2.81. The van der Waals surface area contributed by atoms with Gasteiger partial charge in [-0.15, -0.1) is 24.2 Å². The van der Waals surface area contributed by atoms with Gasteiger partial charge >= 0.3 is 0 Å². The summed E-state index contributed by atoms with van der Waals surface area (Å²) < 4.78 is 0. The van der Waals surface area contributed by atoms with E-state index in [2.05, 4.69) is 5.32 Å². The molecular formula is C15H22ClN3O3S. The number of thioether (sulfide) groups is 1. The first-order chi connectivity index (χ1) is 10.6. The number of nitrogens with one attached hydrogen (secondary N) is 1. The third kappa shape index (κ3) is 4.83. The Hall–Kier alpha value is -1.31. The van der Waals surface area contributed by atoms with Crippen LogP contribution in [-0.4, -0.2) is 48.7 Å². The lowest BCUT2D eigenvalue weighted by atomic mass is 9.96. The van der Waals surface area contributed by atoms with Crippen LogP contribution in [0.1, 0.15) is 23.2 Å². The highest BCUT2D eigenvalue weighted by atomic mass is 35.5. The fourth-order valence-electron chi connectivity index (χ4n) is 2.78. The summed E-state index contributed by atoms with van der Waals surface area (Å²) in [5.41, 5.74) is 0.403. The molecule has 0 bridgehead atoms. The third-order valence-corrected chi connectivity index (χ3v) is 4.80. The van der Waals surface area contributed by atoms with Gasteiger partial charge in [0.1, 0.15) is 0 Å². The second kappa shape index (κ2) is 9.10. The van der Waals surface area contributed by atoms with E-state index < -0.39 is 4.92 Å². The molecule has 1 fully saturated rings. The lowest BCUT2D eigenvalue weighted by Gasteiger charge is -2.32. The summed E-state index contributed by atoms with van der Waals surface area (Å²) in [4.78, 5) is 25.6. The number of carbonyl (C=O) groups excluding carboxylic acids is 1. The Morgan fingerprint density at radius 3 is 2.61 bits per heavy atom. The van der Waals surface area contributed by atoms with Crippen LogP contribution in [0.4, 0.5) is 5.69 Å². The largest absolute Gasteiger partial charge is 0.339 e. The quantitative estimate of drug-likeness (QED) is 0.497. The van der Waals surface area contributed by atoms with Crippen LogP contribution in [0, 0.1) is 16.0 Å². The molecule has 0 saturated carbocycles. The molecule has 0 aliphatic carbocycles. The fourth-order valence-corrected chi connectivity index (χ4v) is 3.32. The van der Waals surface area contributed by atoms with Crippen molar-refractivity contribution in [2.24, 2.45) is 5.92 Å². The maximum atomic E-state index is 12.5. The molecule has 23 heavy (non-hydrogen) atoms. The number of nitrogens with zero attached hydrogens (tertiary/aromatic N) is 2. The van der Waals surface area contributed by atoms with E-state index in [1.165, 1.54) is 17.8 Å². The highest BCUT2D eigenvalue weighted by Crippen LogP contribution is 2.29. The third-order valence-electron chi connectivity index (χ3n) is 4.02. The van der Waals surface area contributed by atoms with Gasteiger partial charge in [0.05, 0.1) is 9.82 Å². The number of rotatable bonds is 5. The van der Waals surface area contributed by atoms with Crippen LogP contribution in [0.15, 0.2) is 23.1 Å². The molecule has 1 amide bonds. The van der Waals surface area contributed by atoms with E-state index in [9.17, 15) is 14.9 Å². The number of halogens is 1. The van der Waals surface area contributed by atoms with Gasteiger partial charge in [-0.3, -0.25) is 14.9 Å². The van der Waals surface area contributed by atoms with Crippen molar-refractivity contribution in [1.29, 1.82) is 0 Å². The summed E-state index contributed by atoms with van der Waals surface area (Å²) in [6.07, 6.45) is 3.73. The van der Waals surface area contributed by atoms with Crippen molar-refractivity contribution < 1.29 is 9.72 Å². The smallest absolute Gasteiger partial charge is 0.283 e. The number of piperidine rings is 1. The Balaban J connectivity index is 0.00000264. The van der Waals surface area contributed by atoms with Gasteiger partial charge in [0.25, 0.3) is 11.6 Å². The van der Waals surface area contributed by atoms with Crippen LogP contribution < -0.4 is 5.32 Å². The van der Waals surface area contributed by atoms with Crippen molar-refractivity contribution in [3.8, 4) is 0 Å². The van der Waals surface area contributed by atoms with Crippen molar-refractivity contribution in [3.05, 3.63) is 33.9 Å². The zero-order chi connectivity index (χ0) is 16.1. The zero-order valence-electron chi connectivity index (χ0n) is 13.3. The summed E-state index contributed by atoms with van der Waals surface area (Å²) in [6, 6.07) is 4.73. The zero-order valence-corrected chi connectivity index (χ0v) is 14.9. The van der Waals surface area contributed by atoms with Crippen LogP contribution in [-0.2, 0) is 0 Å². The average Bonchev–Trinajstić information content (AvgIpc) is 2.54. The highest BCUT2D eigenvalue weighted by molar-refractivity contribution is 7.98. The maximum absolute atomic E-state index is 12.5. The molecule has 1 aliphatic rings. The highest BCUT2D eigenvalue weighted by Gasteiger charge is 2.25. The monoisotopic (exact) mass is 359 g/mol. The minimum Gasteiger partial charge on any atom is -0.339 e. The molecule has 128 valence electrons. The number of hydrogen-bond donors (Lipinski definition) is 1. The summed E-state index contributed by atoms with van der Waals surface area (Å²) in [7, 11) is 1.93. The van der Waals surface area contributed by atoms with Crippen LogP contribution >= 0.6 is 24.2 Å². The first-order valence-corrected chi connectivity index (χ1v) is 8.55. The molecule has 1 aromatic rings. The van der Waals surface area contributed by atoms with Crippen LogP contribution in [0.25, 0.3) is 0 Å². The van der Waals surface area contributed by atoms with Crippen molar-refractivity contribution in [3.63, 3.8) is 0 Å². The normalized spacial score (nSPS) is 15.1. The van der Waals surface area contributed by atoms with Crippen molar-refractivity contribution in [2.75, 3.05) is 32.9 Å². The summed E-state index contributed by atoms with van der Waals surface area (Å²) in [5.74, 6) is 0.487. The Morgan fingerprint density at radius 1 is 1.43 bits per heavy atom. The van der Waals surface area contributed by atoms with Gasteiger partial charge in [-0.2, -0.15) is 0 Å². The first kappa shape index (κ1) is 19.7. The number of likely N-dealkylation sites (tertiary alicyclic amines) is 1. The van der Waals surface area contributed by atoms with Crippen LogP contribution in [0.5, 0.6) is 0 Å². The second-order valence-corrected chi connectivity index (χ2v) is 6.29. The van der Waals surface area contributed by atoms with Crippen molar-refractivity contribution in [1.82, 2.24) is 10.2 Å². The number of carbonyl (C=O) groups is 1. The van der Waals surface area contributed by atoms with Crippen molar-refractivity contribution in [2.45, 2.75) is 17.7 Å². The van der Waals surface area contributed by atoms with Crippen molar-refractivity contribution >= 4 is 35.8 Å². The molecule has 0 aromatic heterocycles. The molecule has 8 heteroatoms. The summed E-state index contributed by atoms with van der Waals surface area (Å²) in [5, 5.41) is 14.3.